The smallest absolute Gasteiger partial charge is 0.256 e. The molecule has 1 saturated carbocycles. The topological polar surface area (TPSA) is 96.7 Å². The molecule has 0 radical (unpaired) electrons. The van der Waals surface area contributed by atoms with Crippen LogP contribution in [0.5, 0.6) is 0 Å². The van der Waals surface area contributed by atoms with Gasteiger partial charge in [0.25, 0.3) is 11.8 Å². The van der Waals surface area contributed by atoms with Crippen LogP contribution >= 0.6 is 15.9 Å². The molecular formula is C36H49BrN4O3. The van der Waals surface area contributed by atoms with Crippen molar-refractivity contribution in [2.24, 2.45) is 0 Å². The van der Waals surface area contributed by atoms with Crippen LogP contribution in [0, 0.1) is 0 Å². The number of unbranched alkanes of at least 4 members (excludes halogenated alkanes) is 3. The number of nitrogen functional groups attached to an aromatic ring is 1. The molecule has 1 unspecified atom stereocenters. The first-order valence-electron chi connectivity index (χ1n) is 16.2. The van der Waals surface area contributed by atoms with Gasteiger partial charge in [0.05, 0.1) is 5.69 Å². The SMILES string of the molecule is CCN(Cc1cc(C(=O)NCCCCCCNC(=O)C(C)(OC)c2cccc3ccccc23)cc(Br)c1N)C1CCCCC1. The molecule has 0 saturated heterocycles. The summed E-state index contributed by atoms with van der Waals surface area (Å²) in [7, 11) is 1.58. The number of nitrogens with zero attached hydrogens (tertiary/aromatic N) is 1. The fourth-order valence-corrected chi connectivity index (χ4v) is 6.85. The Morgan fingerprint density at radius 3 is 2.36 bits per heavy atom. The Bertz CT molecular complexity index is 1400. The van der Waals surface area contributed by atoms with Crippen molar-refractivity contribution in [2.45, 2.75) is 89.8 Å². The number of nitrogens with one attached hydrogen (secondary N) is 2. The standard InChI is InChI=1S/C36H49BrN4O3/c1-4-41(29-17-8-7-9-18-29)25-28-23-27(24-32(37)33(28)38)34(42)39-21-12-5-6-13-22-40-35(43)36(2,44-3)31-20-14-16-26-15-10-11-19-30(26)31/h10-11,14-16,19-20,23-24,29H,4-9,12-13,17-18,21-22,25,38H2,1-3H3,(H,39,42)(H,40,43). The van der Waals surface area contributed by atoms with Crippen LogP contribution in [-0.4, -0.2) is 49.5 Å². The second kappa shape index (κ2) is 16.4. The van der Waals surface area contributed by atoms with Gasteiger partial charge in [0.15, 0.2) is 5.60 Å². The fourth-order valence-electron chi connectivity index (χ4n) is 6.35. The van der Waals surface area contributed by atoms with Crippen LogP contribution < -0.4 is 16.4 Å². The number of hydrogen-bond donors (Lipinski definition) is 3. The summed E-state index contributed by atoms with van der Waals surface area (Å²) in [6.45, 7) is 6.94. The Morgan fingerprint density at radius 2 is 1.66 bits per heavy atom. The van der Waals surface area contributed by atoms with E-state index in [0.29, 0.717) is 30.4 Å². The summed E-state index contributed by atoms with van der Waals surface area (Å²) in [4.78, 5) is 28.7. The van der Waals surface area contributed by atoms with Crippen molar-refractivity contribution in [1.29, 1.82) is 0 Å². The van der Waals surface area contributed by atoms with E-state index in [1.54, 1.807) is 7.11 Å². The molecule has 4 N–H and O–H groups in total. The van der Waals surface area contributed by atoms with Crippen molar-refractivity contribution >= 4 is 44.2 Å². The largest absolute Gasteiger partial charge is 0.398 e. The first kappa shape index (κ1) is 33.9. The lowest BCUT2D eigenvalue weighted by molar-refractivity contribution is -0.142. The highest BCUT2D eigenvalue weighted by molar-refractivity contribution is 9.10. The van der Waals surface area contributed by atoms with E-state index in [-0.39, 0.29) is 11.8 Å². The van der Waals surface area contributed by atoms with Gasteiger partial charge in [-0.05, 0) is 83.6 Å². The van der Waals surface area contributed by atoms with Gasteiger partial charge in [0, 0.05) is 48.4 Å². The van der Waals surface area contributed by atoms with Gasteiger partial charge < -0.3 is 21.1 Å². The Kier molecular flexibility index (Phi) is 12.6. The molecule has 3 aromatic rings. The number of benzene rings is 3. The summed E-state index contributed by atoms with van der Waals surface area (Å²) in [5.41, 5.74) is 8.56. The van der Waals surface area contributed by atoms with E-state index >= 15 is 0 Å². The minimum Gasteiger partial charge on any atom is -0.398 e. The van der Waals surface area contributed by atoms with Crippen LogP contribution in [0.4, 0.5) is 5.69 Å². The quantitative estimate of drug-likeness (QED) is 0.117. The molecule has 0 heterocycles. The van der Waals surface area contributed by atoms with Crippen molar-refractivity contribution in [1.82, 2.24) is 15.5 Å². The highest BCUT2D eigenvalue weighted by Gasteiger charge is 2.36. The van der Waals surface area contributed by atoms with E-state index in [1.165, 1.54) is 32.1 Å². The van der Waals surface area contributed by atoms with E-state index < -0.39 is 5.60 Å². The first-order chi connectivity index (χ1) is 21.3. The van der Waals surface area contributed by atoms with Gasteiger partial charge in [-0.1, -0.05) is 81.5 Å². The highest BCUT2D eigenvalue weighted by Crippen LogP contribution is 2.32. The molecule has 7 nitrogen and oxygen atoms in total. The van der Waals surface area contributed by atoms with Crippen LogP contribution in [0.15, 0.2) is 59.1 Å². The number of methoxy groups -OCH3 is 1. The molecule has 8 heteroatoms. The third-order valence-corrected chi connectivity index (χ3v) is 9.82. The Morgan fingerprint density at radius 1 is 0.977 bits per heavy atom. The molecule has 1 fully saturated rings. The Hall–Kier alpha value is -2.94. The van der Waals surface area contributed by atoms with E-state index in [2.05, 4.69) is 38.4 Å². The summed E-state index contributed by atoms with van der Waals surface area (Å²) in [5, 5.41) is 8.24. The minimum absolute atomic E-state index is 0.0767. The molecule has 0 aliphatic heterocycles. The van der Waals surface area contributed by atoms with Crippen LogP contribution in [0.2, 0.25) is 0 Å². The van der Waals surface area contributed by atoms with Gasteiger partial charge in [0.2, 0.25) is 0 Å². The predicted octanol–water partition coefficient (Wildman–Crippen LogP) is 7.31. The van der Waals surface area contributed by atoms with Gasteiger partial charge >= 0.3 is 0 Å². The van der Waals surface area contributed by atoms with Crippen molar-refractivity contribution in [3.05, 3.63) is 75.8 Å². The highest BCUT2D eigenvalue weighted by atomic mass is 79.9. The van der Waals surface area contributed by atoms with E-state index in [4.69, 9.17) is 10.5 Å². The van der Waals surface area contributed by atoms with Gasteiger partial charge in [-0.2, -0.15) is 0 Å². The average Bonchev–Trinajstić information content (AvgIpc) is 3.05. The number of hydrogen-bond acceptors (Lipinski definition) is 5. The number of fused-ring (bicyclic) bond motifs is 1. The van der Waals surface area contributed by atoms with Crippen LogP contribution in [-0.2, 0) is 21.7 Å². The number of nitrogens with two attached hydrogens (primary N) is 1. The number of amides is 2. The molecule has 1 aliphatic carbocycles. The number of carbonyl (C=O) groups excluding carboxylic acids is 2. The minimum atomic E-state index is -1.08. The lowest BCUT2D eigenvalue weighted by Gasteiger charge is -2.34. The summed E-state index contributed by atoms with van der Waals surface area (Å²) in [6.07, 6.45) is 10.0. The van der Waals surface area contributed by atoms with Gasteiger partial charge in [-0.15, -0.1) is 0 Å². The maximum Gasteiger partial charge on any atom is 0.256 e. The Labute approximate surface area is 271 Å². The summed E-state index contributed by atoms with van der Waals surface area (Å²) >= 11 is 3.58. The normalized spacial score (nSPS) is 15.3. The third-order valence-electron chi connectivity index (χ3n) is 9.17. The number of anilines is 1. The van der Waals surface area contributed by atoms with Crippen LogP contribution in [0.3, 0.4) is 0 Å². The Balaban J connectivity index is 1.20. The lowest BCUT2D eigenvalue weighted by atomic mass is 9.90. The van der Waals surface area contributed by atoms with E-state index in [9.17, 15) is 9.59 Å². The lowest BCUT2D eigenvalue weighted by Crippen LogP contribution is -2.44. The second-order valence-electron chi connectivity index (χ2n) is 12.1. The molecule has 4 rings (SSSR count). The van der Waals surface area contributed by atoms with Gasteiger partial charge in [0.1, 0.15) is 0 Å². The zero-order valence-corrected chi connectivity index (χ0v) is 28.2. The molecule has 0 aromatic heterocycles. The van der Waals surface area contributed by atoms with Crippen LogP contribution in [0.25, 0.3) is 10.8 Å². The molecular weight excluding hydrogens is 616 g/mol. The molecule has 1 aliphatic rings. The maximum atomic E-state index is 13.2. The third kappa shape index (κ3) is 8.40. The summed E-state index contributed by atoms with van der Waals surface area (Å²) in [6, 6.07) is 18.4. The molecule has 1 atom stereocenters. The number of halogens is 1. The summed E-state index contributed by atoms with van der Waals surface area (Å²) in [5.74, 6) is -0.217. The number of rotatable bonds is 15. The van der Waals surface area contributed by atoms with E-state index in [0.717, 1.165) is 65.1 Å². The fraction of sp³-hybridized carbons (Fsp3) is 0.500. The average molecular weight is 666 g/mol. The van der Waals surface area contributed by atoms with Crippen molar-refractivity contribution in [3.63, 3.8) is 0 Å². The molecule has 238 valence electrons. The molecule has 3 aromatic carbocycles. The molecule has 2 amide bonds. The number of carbonyl (C=O) groups is 2. The van der Waals surface area contributed by atoms with Crippen molar-refractivity contribution < 1.29 is 14.3 Å². The zero-order valence-electron chi connectivity index (χ0n) is 26.6. The second-order valence-corrected chi connectivity index (χ2v) is 12.9. The zero-order chi connectivity index (χ0) is 31.5. The number of ether oxygens (including phenoxy) is 1. The monoisotopic (exact) mass is 664 g/mol. The molecule has 0 spiro atoms. The van der Waals surface area contributed by atoms with Crippen molar-refractivity contribution in [3.8, 4) is 0 Å². The van der Waals surface area contributed by atoms with E-state index in [1.807, 2.05) is 61.5 Å². The summed E-state index contributed by atoms with van der Waals surface area (Å²) < 4.78 is 6.54. The molecule has 0 bridgehead atoms. The van der Waals surface area contributed by atoms with Crippen molar-refractivity contribution in [2.75, 3.05) is 32.5 Å². The first-order valence-corrected chi connectivity index (χ1v) is 17.0. The van der Waals surface area contributed by atoms with Gasteiger partial charge in [-0.3, -0.25) is 14.5 Å². The predicted molar refractivity (Wildman–Crippen MR) is 184 cm³/mol. The molecule has 44 heavy (non-hydrogen) atoms. The van der Waals surface area contributed by atoms with Crippen LogP contribution in [0.1, 0.15) is 93.1 Å². The van der Waals surface area contributed by atoms with Gasteiger partial charge in [-0.25, -0.2) is 0 Å². The maximum absolute atomic E-state index is 13.2.